The minimum absolute atomic E-state index is 0.123. The van der Waals surface area contributed by atoms with Crippen LogP contribution in [0.5, 0.6) is 5.88 Å². The van der Waals surface area contributed by atoms with E-state index in [4.69, 9.17) is 9.15 Å². The number of amides is 1. The van der Waals surface area contributed by atoms with E-state index in [1.165, 1.54) is 0 Å². The number of fused-ring (bicyclic) bond motifs is 2. The standard InChI is InChI=1S/C31H33N5O4/c1-3-22(37)12-5-4-6-15-26(34-29(38)19-36-20-33-25-14-9-10-16-27(25)36)31-32-18-28(40-31)23-17-21-11-7-8-13-24(21)35-30(23)39-2/h7-11,13-14,16-18,20,26H,3-6,12,15,19H2,1-2H3,(H,34,38). The topological polar surface area (TPSA) is 112 Å². The third-order valence-corrected chi connectivity index (χ3v) is 6.99. The zero-order valence-corrected chi connectivity index (χ0v) is 22.8. The van der Waals surface area contributed by atoms with Gasteiger partial charge in [-0.05, 0) is 37.1 Å². The molecule has 40 heavy (non-hydrogen) atoms. The first-order chi connectivity index (χ1) is 19.6. The van der Waals surface area contributed by atoms with E-state index in [0.717, 1.165) is 41.2 Å². The van der Waals surface area contributed by atoms with Crippen molar-refractivity contribution >= 4 is 33.6 Å². The van der Waals surface area contributed by atoms with Crippen LogP contribution >= 0.6 is 0 Å². The number of hydrogen-bond donors (Lipinski definition) is 1. The van der Waals surface area contributed by atoms with Gasteiger partial charge < -0.3 is 19.0 Å². The van der Waals surface area contributed by atoms with E-state index < -0.39 is 6.04 Å². The van der Waals surface area contributed by atoms with Crippen molar-refractivity contribution in [2.75, 3.05) is 7.11 Å². The molecule has 5 aromatic rings. The van der Waals surface area contributed by atoms with Gasteiger partial charge in [0, 0.05) is 18.2 Å². The second-order valence-electron chi connectivity index (χ2n) is 9.77. The van der Waals surface area contributed by atoms with Crippen molar-refractivity contribution in [2.45, 2.75) is 58.0 Å². The maximum absolute atomic E-state index is 13.2. The number of ether oxygens (including phenoxy) is 1. The molecular formula is C31H33N5O4. The number of pyridine rings is 1. The lowest BCUT2D eigenvalue weighted by Gasteiger charge is -2.16. The maximum Gasteiger partial charge on any atom is 0.240 e. The van der Waals surface area contributed by atoms with E-state index in [0.29, 0.717) is 42.4 Å². The molecule has 0 fully saturated rings. The SMILES string of the molecule is CCC(=O)CCCCCC(NC(=O)Cn1cnc2ccccc21)c1ncc(-c2cc3ccccc3nc2OC)o1. The Morgan fingerprint density at radius 2 is 1.82 bits per heavy atom. The molecule has 9 heteroatoms. The highest BCUT2D eigenvalue weighted by Crippen LogP contribution is 2.33. The summed E-state index contributed by atoms with van der Waals surface area (Å²) in [6.45, 7) is 2.01. The van der Waals surface area contributed by atoms with Crippen LogP contribution in [0.15, 0.2) is 71.5 Å². The van der Waals surface area contributed by atoms with Gasteiger partial charge in [-0.25, -0.2) is 15.0 Å². The molecule has 0 radical (unpaired) electrons. The third kappa shape index (κ3) is 6.20. The molecule has 0 bridgehead atoms. The number of carbonyl (C=O) groups is 2. The summed E-state index contributed by atoms with van der Waals surface area (Å²) in [7, 11) is 1.57. The fourth-order valence-corrected chi connectivity index (χ4v) is 4.82. The van der Waals surface area contributed by atoms with E-state index in [1.807, 2.05) is 66.1 Å². The number of benzene rings is 2. The summed E-state index contributed by atoms with van der Waals surface area (Å²) in [6, 6.07) is 17.0. The van der Waals surface area contributed by atoms with E-state index >= 15 is 0 Å². The number of ketones is 1. The molecule has 3 aromatic heterocycles. The molecule has 0 saturated carbocycles. The third-order valence-electron chi connectivity index (χ3n) is 6.99. The molecule has 0 aliphatic rings. The second kappa shape index (κ2) is 12.5. The van der Waals surface area contributed by atoms with Gasteiger partial charge in [-0.15, -0.1) is 0 Å². The van der Waals surface area contributed by atoms with Crippen molar-refractivity contribution in [3.63, 3.8) is 0 Å². The molecule has 1 amide bonds. The van der Waals surface area contributed by atoms with Crippen LogP contribution in [-0.4, -0.2) is 38.3 Å². The smallest absolute Gasteiger partial charge is 0.240 e. The minimum atomic E-state index is -0.433. The van der Waals surface area contributed by atoms with Gasteiger partial charge in [-0.2, -0.15) is 0 Å². The predicted molar refractivity (Wildman–Crippen MR) is 153 cm³/mol. The molecule has 206 valence electrons. The molecule has 0 aliphatic heterocycles. The van der Waals surface area contributed by atoms with E-state index in [2.05, 4.69) is 20.3 Å². The van der Waals surface area contributed by atoms with Gasteiger partial charge in [-0.1, -0.05) is 50.1 Å². The van der Waals surface area contributed by atoms with Gasteiger partial charge >= 0.3 is 0 Å². The van der Waals surface area contributed by atoms with Crippen LogP contribution in [0, 0.1) is 0 Å². The lowest BCUT2D eigenvalue weighted by atomic mass is 10.0. The minimum Gasteiger partial charge on any atom is -0.480 e. The van der Waals surface area contributed by atoms with Crippen molar-refractivity contribution in [1.29, 1.82) is 0 Å². The molecule has 0 aliphatic carbocycles. The second-order valence-corrected chi connectivity index (χ2v) is 9.77. The molecule has 9 nitrogen and oxygen atoms in total. The summed E-state index contributed by atoms with van der Waals surface area (Å²) in [5.74, 6) is 1.47. The van der Waals surface area contributed by atoms with Gasteiger partial charge in [-0.3, -0.25) is 9.59 Å². The average molecular weight is 540 g/mol. The largest absolute Gasteiger partial charge is 0.480 e. The number of hydrogen-bond acceptors (Lipinski definition) is 7. The quantitative estimate of drug-likeness (QED) is 0.182. The Morgan fingerprint density at radius 1 is 1.02 bits per heavy atom. The highest BCUT2D eigenvalue weighted by Gasteiger charge is 2.22. The summed E-state index contributed by atoms with van der Waals surface area (Å²) < 4.78 is 13.6. The Kier molecular flexibility index (Phi) is 8.49. The van der Waals surface area contributed by atoms with Crippen LogP contribution in [0.25, 0.3) is 33.3 Å². The number of nitrogens with one attached hydrogen (secondary N) is 1. The van der Waals surface area contributed by atoms with E-state index in [9.17, 15) is 9.59 Å². The summed E-state index contributed by atoms with van der Waals surface area (Å²) in [6.07, 6.45) is 7.61. The highest BCUT2D eigenvalue weighted by atomic mass is 16.5. The number of Topliss-reactive ketones (excluding diaryl/α,β-unsaturated/α-hetero) is 1. The molecule has 1 atom stereocenters. The van der Waals surface area contributed by atoms with Crippen LogP contribution in [0.3, 0.4) is 0 Å². The number of nitrogens with zero attached hydrogens (tertiary/aromatic N) is 4. The normalized spacial score (nSPS) is 12.1. The molecule has 2 aromatic carbocycles. The summed E-state index contributed by atoms with van der Waals surface area (Å²) in [5, 5.41) is 4.07. The molecule has 5 rings (SSSR count). The lowest BCUT2D eigenvalue weighted by Crippen LogP contribution is -2.31. The van der Waals surface area contributed by atoms with Crippen molar-refractivity contribution in [2.24, 2.45) is 0 Å². The Bertz CT molecular complexity index is 1620. The van der Waals surface area contributed by atoms with Gasteiger partial charge in [0.1, 0.15) is 18.4 Å². The van der Waals surface area contributed by atoms with Gasteiger partial charge in [0.25, 0.3) is 0 Å². The number of carbonyl (C=O) groups excluding carboxylic acids is 2. The number of methoxy groups -OCH3 is 1. The fourth-order valence-electron chi connectivity index (χ4n) is 4.82. The van der Waals surface area contributed by atoms with Gasteiger partial charge in [0.2, 0.25) is 17.7 Å². The number of imidazole rings is 1. The monoisotopic (exact) mass is 539 g/mol. The van der Waals surface area contributed by atoms with E-state index in [1.54, 1.807) is 19.6 Å². The van der Waals surface area contributed by atoms with Crippen molar-refractivity contribution < 1.29 is 18.7 Å². The van der Waals surface area contributed by atoms with Crippen molar-refractivity contribution in [3.05, 3.63) is 73.0 Å². The van der Waals surface area contributed by atoms with Crippen LogP contribution < -0.4 is 10.1 Å². The number of para-hydroxylation sites is 3. The summed E-state index contributed by atoms with van der Waals surface area (Å²) in [4.78, 5) is 38.4. The Labute approximate surface area is 232 Å². The molecule has 3 heterocycles. The number of aromatic nitrogens is 4. The Balaban J connectivity index is 1.35. The van der Waals surface area contributed by atoms with Crippen LogP contribution in [0.4, 0.5) is 0 Å². The van der Waals surface area contributed by atoms with Gasteiger partial charge in [0.15, 0.2) is 5.76 Å². The zero-order valence-electron chi connectivity index (χ0n) is 22.8. The van der Waals surface area contributed by atoms with Crippen LogP contribution in [0.1, 0.15) is 57.4 Å². The molecule has 1 unspecified atom stereocenters. The maximum atomic E-state index is 13.2. The summed E-state index contributed by atoms with van der Waals surface area (Å²) >= 11 is 0. The Morgan fingerprint density at radius 3 is 2.65 bits per heavy atom. The van der Waals surface area contributed by atoms with E-state index in [-0.39, 0.29) is 18.2 Å². The first-order valence-electron chi connectivity index (χ1n) is 13.7. The highest BCUT2D eigenvalue weighted by molar-refractivity contribution is 5.85. The summed E-state index contributed by atoms with van der Waals surface area (Å²) in [5.41, 5.74) is 3.24. The predicted octanol–water partition coefficient (Wildman–Crippen LogP) is 6.04. The molecule has 0 saturated heterocycles. The first-order valence-corrected chi connectivity index (χ1v) is 13.7. The molecule has 1 N–H and O–H groups in total. The molecule has 0 spiro atoms. The van der Waals surface area contributed by atoms with Gasteiger partial charge in [0.05, 0.1) is 41.7 Å². The number of rotatable bonds is 13. The fraction of sp³-hybridized carbons (Fsp3) is 0.323. The van der Waals surface area contributed by atoms with Crippen molar-refractivity contribution in [3.8, 4) is 17.2 Å². The Hall–Kier alpha value is -4.53. The van der Waals surface area contributed by atoms with Crippen molar-refractivity contribution in [1.82, 2.24) is 24.8 Å². The average Bonchev–Trinajstić information content (AvgIpc) is 3.63. The number of unbranched alkanes of at least 4 members (excludes halogenated alkanes) is 2. The molecular weight excluding hydrogens is 506 g/mol. The first kappa shape index (κ1) is 27.1. The van der Waals surface area contributed by atoms with Crippen LogP contribution in [-0.2, 0) is 16.1 Å². The lowest BCUT2D eigenvalue weighted by molar-refractivity contribution is -0.122. The van der Waals surface area contributed by atoms with Crippen LogP contribution in [0.2, 0.25) is 0 Å². The number of oxazole rings is 1. The zero-order chi connectivity index (χ0) is 27.9.